The summed E-state index contributed by atoms with van der Waals surface area (Å²) in [5.41, 5.74) is 4.37. The Hall–Kier alpha value is -5.22. The lowest BCUT2D eigenvalue weighted by Gasteiger charge is -2.12. The third kappa shape index (κ3) is 11.7. The van der Waals surface area contributed by atoms with Crippen molar-refractivity contribution in [3.05, 3.63) is 11.4 Å². The summed E-state index contributed by atoms with van der Waals surface area (Å²) < 4.78 is 4.90. The molecule has 0 radical (unpaired) electrons. The summed E-state index contributed by atoms with van der Waals surface area (Å²) in [5.74, 6) is 2.90. The van der Waals surface area contributed by atoms with Crippen LogP contribution in [0, 0.1) is 0 Å². The number of rotatable bonds is 20. The van der Waals surface area contributed by atoms with Gasteiger partial charge >= 0.3 is 5.97 Å². The summed E-state index contributed by atoms with van der Waals surface area (Å²) in [6, 6.07) is 0. The second kappa shape index (κ2) is 21.1. The van der Waals surface area contributed by atoms with Gasteiger partial charge in [0.25, 0.3) is 0 Å². The standard InChI is InChI=1S/C18H29N7O.C16H25N7O2/c1-5-8-9-12(26)11-21-18-23-14-13(7-3)22-17(20-10-6-2)24-15(14)16(19-4)25-18;1-5-8-18-15-20-10(6-2)12-13(22-15)14(17-4)23-16(21-12)19-9-11(24)25-7-3/h5-11H2,1-4H3,(H,20,22,24)(H2,19,21,23,25);5-9H2,1-4H3,(H,18,20,22)(H2,17,19,21,23). The van der Waals surface area contributed by atoms with Crippen LogP contribution in [0.2, 0.25) is 0 Å². The fourth-order valence-electron chi connectivity index (χ4n) is 4.78. The van der Waals surface area contributed by atoms with E-state index in [0.29, 0.717) is 76.9 Å². The van der Waals surface area contributed by atoms with E-state index in [9.17, 15) is 9.59 Å². The van der Waals surface area contributed by atoms with Crippen LogP contribution in [0.5, 0.6) is 0 Å². The Balaban J connectivity index is 0.000000276. The number of hydrogen-bond donors (Lipinski definition) is 6. The molecule has 4 heterocycles. The number of fused-ring (bicyclic) bond motifs is 2. The van der Waals surface area contributed by atoms with E-state index in [1.807, 2.05) is 13.8 Å². The molecule has 0 bridgehead atoms. The van der Waals surface area contributed by atoms with E-state index < -0.39 is 0 Å². The summed E-state index contributed by atoms with van der Waals surface area (Å²) in [6.07, 6.45) is 5.90. The van der Waals surface area contributed by atoms with Gasteiger partial charge in [0.1, 0.15) is 28.6 Å². The Kier molecular flexibility index (Phi) is 16.6. The molecule has 6 N–H and O–H groups in total. The third-order valence-corrected chi connectivity index (χ3v) is 7.39. The summed E-state index contributed by atoms with van der Waals surface area (Å²) in [5, 5.41) is 18.5. The SMILES string of the molecule is CCCCC(=O)CNc1nc(NC)c2nc(NCCC)nc(CC)c2n1.CCCNc1nc(CC)c2nc(NCC(=O)OCC)nc(NC)c2n1. The predicted octanol–water partition coefficient (Wildman–Crippen LogP) is 4.84. The Bertz CT molecular complexity index is 1740. The first-order chi connectivity index (χ1) is 24.7. The number of anilines is 6. The van der Waals surface area contributed by atoms with Crippen molar-refractivity contribution in [1.82, 2.24) is 39.9 Å². The molecule has 51 heavy (non-hydrogen) atoms. The van der Waals surface area contributed by atoms with Gasteiger partial charge in [0.05, 0.1) is 24.5 Å². The summed E-state index contributed by atoms with van der Waals surface area (Å²) in [7, 11) is 3.56. The fraction of sp³-hybridized carbons (Fsp3) is 0.588. The Morgan fingerprint density at radius 1 is 0.549 bits per heavy atom. The number of carbonyl (C=O) groups excluding carboxylic acids is 2. The molecule has 0 amide bonds. The lowest BCUT2D eigenvalue weighted by molar-refractivity contribution is -0.140. The number of nitrogens with zero attached hydrogens (tertiary/aromatic N) is 8. The van der Waals surface area contributed by atoms with Gasteiger partial charge in [-0.25, -0.2) is 29.9 Å². The highest BCUT2D eigenvalue weighted by molar-refractivity contribution is 5.90. The van der Waals surface area contributed by atoms with Crippen molar-refractivity contribution in [1.29, 1.82) is 0 Å². The van der Waals surface area contributed by atoms with Gasteiger partial charge in [-0.1, -0.05) is 41.0 Å². The van der Waals surface area contributed by atoms with Crippen LogP contribution in [-0.2, 0) is 27.2 Å². The van der Waals surface area contributed by atoms with E-state index in [1.165, 1.54) is 0 Å². The molecular weight excluding hydrogens is 652 g/mol. The minimum Gasteiger partial charge on any atom is -0.465 e. The van der Waals surface area contributed by atoms with E-state index in [2.05, 4.69) is 92.5 Å². The Morgan fingerprint density at radius 2 is 1.00 bits per heavy atom. The zero-order chi connectivity index (χ0) is 37.2. The van der Waals surface area contributed by atoms with Crippen LogP contribution in [0.4, 0.5) is 35.4 Å². The average molecular weight is 707 g/mol. The van der Waals surface area contributed by atoms with Crippen molar-refractivity contribution in [2.45, 2.75) is 86.5 Å². The first-order valence-corrected chi connectivity index (χ1v) is 17.9. The van der Waals surface area contributed by atoms with Crippen molar-refractivity contribution < 1.29 is 14.3 Å². The third-order valence-electron chi connectivity index (χ3n) is 7.39. The maximum absolute atomic E-state index is 11.9. The topological polar surface area (TPSA) is 219 Å². The normalized spacial score (nSPS) is 10.7. The maximum atomic E-state index is 11.9. The average Bonchev–Trinajstić information content (AvgIpc) is 3.15. The largest absolute Gasteiger partial charge is 0.465 e. The molecule has 17 heteroatoms. The predicted molar refractivity (Wildman–Crippen MR) is 204 cm³/mol. The fourth-order valence-corrected chi connectivity index (χ4v) is 4.78. The van der Waals surface area contributed by atoms with Crippen LogP contribution in [-0.4, -0.2) is 98.5 Å². The first-order valence-electron chi connectivity index (χ1n) is 17.9. The van der Waals surface area contributed by atoms with Crippen LogP contribution in [0.15, 0.2) is 0 Å². The van der Waals surface area contributed by atoms with Crippen molar-refractivity contribution in [2.75, 3.05) is 78.8 Å². The van der Waals surface area contributed by atoms with Crippen LogP contribution >= 0.6 is 0 Å². The molecular formula is C34H54N14O3. The van der Waals surface area contributed by atoms with E-state index >= 15 is 0 Å². The molecule has 0 aliphatic carbocycles. The Labute approximate surface area is 299 Å². The highest BCUT2D eigenvalue weighted by Crippen LogP contribution is 2.25. The lowest BCUT2D eigenvalue weighted by atomic mass is 10.2. The molecule has 0 saturated carbocycles. The second-order valence-electron chi connectivity index (χ2n) is 11.4. The highest BCUT2D eigenvalue weighted by Gasteiger charge is 2.17. The maximum Gasteiger partial charge on any atom is 0.325 e. The lowest BCUT2D eigenvalue weighted by Crippen LogP contribution is -2.18. The number of ketones is 1. The molecule has 17 nitrogen and oxygen atoms in total. The number of carbonyl (C=O) groups is 2. The summed E-state index contributed by atoms with van der Waals surface area (Å²) >= 11 is 0. The van der Waals surface area contributed by atoms with Crippen molar-refractivity contribution >= 4 is 69.2 Å². The molecule has 4 aromatic rings. The molecule has 278 valence electrons. The smallest absolute Gasteiger partial charge is 0.325 e. The van der Waals surface area contributed by atoms with E-state index in [-0.39, 0.29) is 24.8 Å². The number of ether oxygens (including phenoxy) is 1. The van der Waals surface area contributed by atoms with Gasteiger partial charge in [-0.05, 0) is 39.0 Å². The van der Waals surface area contributed by atoms with Gasteiger partial charge in [-0.3, -0.25) is 9.59 Å². The molecule has 0 aliphatic heterocycles. The van der Waals surface area contributed by atoms with E-state index in [4.69, 9.17) is 4.74 Å². The van der Waals surface area contributed by atoms with Crippen LogP contribution < -0.4 is 31.9 Å². The van der Waals surface area contributed by atoms with Gasteiger partial charge < -0.3 is 36.6 Å². The van der Waals surface area contributed by atoms with Crippen molar-refractivity contribution in [3.8, 4) is 0 Å². The zero-order valence-electron chi connectivity index (χ0n) is 31.3. The van der Waals surface area contributed by atoms with E-state index in [1.54, 1.807) is 21.0 Å². The van der Waals surface area contributed by atoms with Crippen LogP contribution in [0.1, 0.15) is 85.0 Å². The minimum absolute atomic E-state index is 0.000948. The number of Topliss-reactive ketones (excluding diaryl/α,β-unsaturated/α-hetero) is 1. The van der Waals surface area contributed by atoms with Gasteiger partial charge in [-0.15, -0.1) is 0 Å². The van der Waals surface area contributed by atoms with Gasteiger partial charge in [0.2, 0.25) is 23.8 Å². The number of hydrogen-bond acceptors (Lipinski definition) is 17. The highest BCUT2D eigenvalue weighted by atomic mass is 16.5. The first kappa shape index (κ1) is 40.2. The van der Waals surface area contributed by atoms with Crippen LogP contribution in [0.25, 0.3) is 22.1 Å². The number of aryl methyl sites for hydroxylation is 2. The van der Waals surface area contributed by atoms with Crippen molar-refractivity contribution in [3.63, 3.8) is 0 Å². The quantitative estimate of drug-likeness (QED) is 0.0677. The zero-order valence-corrected chi connectivity index (χ0v) is 31.3. The molecule has 0 spiro atoms. The molecule has 0 atom stereocenters. The van der Waals surface area contributed by atoms with Gasteiger partial charge in [0, 0.05) is 33.6 Å². The van der Waals surface area contributed by atoms with Gasteiger partial charge in [0.15, 0.2) is 17.4 Å². The number of nitrogens with one attached hydrogen (secondary N) is 6. The number of unbranched alkanes of at least 4 members (excludes halogenated alkanes) is 1. The number of esters is 1. The van der Waals surface area contributed by atoms with E-state index in [0.717, 1.165) is 56.6 Å². The second-order valence-corrected chi connectivity index (χ2v) is 11.4. The van der Waals surface area contributed by atoms with Crippen molar-refractivity contribution in [2.24, 2.45) is 0 Å². The molecule has 0 unspecified atom stereocenters. The molecule has 0 fully saturated rings. The molecule has 4 rings (SSSR count). The molecule has 0 aromatic carbocycles. The summed E-state index contributed by atoms with van der Waals surface area (Å²) in [6.45, 7) is 14.2. The molecule has 0 aliphatic rings. The minimum atomic E-state index is -0.358. The monoisotopic (exact) mass is 706 g/mol. The Morgan fingerprint density at radius 3 is 1.41 bits per heavy atom. The number of aromatic nitrogens is 8. The molecule has 0 saturated heterocycles. The van der Waals surface area contributed by atoms with Crippen LogP contribution in [0.3, 0.4) is 0 Å². The molecule has 4 aromatic heterocycles. The summed E-state index contributed by atoms with van der Waals surface area (Å²) in [4.78, 5) is 59.5. The van der Waals surface area contributed by atoms with Gasteiger partial charge in [-0.2, -0.15) is 9.97 Å².